The summed E-state index contributed by atoms with van der Waals surface area (Å²) >= 11 is 0. The summed E-state index contributed by atoms with van der Waals surface area (Å²) in [5, 5.41) is 8.85. The lowest BCUT2D eigenvalue weighted by molar-refractivity contribution is 0.276. The van der Waals surface area contributed by atoms with Gasteiger partial charge in [0.05, 0.1) is 12.7 Å². The number of hydrogen-bond acceptors (Lipinski definition) is 3. The Hall–Kier alpha value is -2.13. The molecule has 0 aliphatic rings. The fourth-order valence-electron chi connectivity index (χ4n) is 1.04. The Morgan fingerprint density at radius 2 is 2.20 bits per heavy atom. The van der Waals surface area contributed by atoms with Gasteiger partial charge in [-0.1, -0.05) is 5.92 Å². The molecular weight excluding hydrogens is 190 g/mol. The predicted octanol–water partition coefficient (Wildman–Crippen LogP) is 1.97. The van der Waals surface area contributed by atoms with Crippen LogP contribution in [0.4, 0.5) is 0 Å². The Morgan fingerprint density at radius 1 is 1.47 bits per heavy atom. The third-order valence-electron chi connectivity index (χ3n) is 1.85. The Kier molecular flexibility index (Phi) is 3.60. The van der Waals surface area contributed by atoms with Gasteiger partial charge in [-0.2, -0.15) is 5.26 Å². The molecule has 1 aromatic rings. The van der Waals surface area contributed by atoms with Crippen molar-refractivity contribution in [1.82, 2.24) is 0 Å². The van der Waals surface area contributed by atoms with Crippen LogP contribution in [0.5, 0.6) is 11.5 Å². The van der Waals surface area contributed by atoms with Gasteiger partial charge < -0.3 is 9.47 Å². The highest BCUT2D eigenvalue weighted by atomic mass is 16.5. The number of terminal acetylenes is 1. The standard InChI is InChI=1S/C12H11NO2/c1-4-9(2)15-12-7-11(14-3)6-5-10(12)8-13/h1,5-7,9H,2-3H3. The molecule has 0 heterocycles. The number of rotatable bonds is 3. The molecule has 0 bridgehead atoms. The van der Waals surface area contributed by atoms with Crippen LogP contribution >= 0.6 is 0 Å². The zero-order chi connectivity index (χ0) is 11.3. The number of methoxy groups -OCH3 is 1. The van der Waals surface area contributed by atoms with E-state index in [1.807, 2.05) is 6.07 Å². The third kappa shape index (κ3) is 2.65. The Balaban J connectivity index is 3.03. The highest BCUT2D eigenvalue weighted by molar-refractivity contribution is 5.47. The van der Waals surface area contributed by atoms with E-state index in [9.17, 15) is 0 Å². The Morgan fingerprint density at radius 3 is 2.73 bits per heavy atom. The smallest absolute Gasteiger partial charge is 0.156 e. The summed E-state index contributed by atoms with van der Waals surface area (Å²) in [7, 11) is 1.55. The molecule has 0 fully saturated rings. The van der Waals surface area contributed by atoms with E-state index in [2.05, 4.69) is 5.92 Å². The number of hydrogen-bond donors (Lipinski definition) is 0. The molecule has 1 atom stereocenters. The van der Waals surface area contributed by atoms with E-state index in [1.54, 1.807) is 32.2 Å². The van der Waals surface area contributed by atoms with Crippen LogP contribution < -0.4 is 9.47 Å². The van der Waals surface area contributed by atoms with Crippen molar-refractivity contribution in [3.63, 3.8) is 0 Å². The predicted molar refractivity (Wildman–Crippen MR) is 56.6 cm³/mol. The highest BCUT2D eigenvalue weighted by Gasteiger charge is 2.07. The Labute approximate surface area is 89.2 Å². The van der Waals surface area contributed by atoms with Crippen LogP contribution in [0, 0.1) is 23.7 Å². The molecule has 1 unspecified atom stereocenters. The van der Waals surface area contributed by atoms with Crippen molar-refractivity contribution in [3.05, 3.63) is 23.8 Å². The molecule has 0 radical (unpaired) electrons. The van der Waals surface area contributed by atoms with Crippen molar-refractivity contribution in [2.75, 3.05) is 7.11 Å². The number of ether oxygens (including phenoxy) is 2. The molecule has 15 heavy (non-hydrogen) atoms. The average molecular weight is 201 g/mol. The maximum atomic E-state index is 8.85. The molecular formula is C12H11NO2. The lowest BCUT2D eigenvalue weighted by Crippen LogP contribution is -2.09. The number of benzene rings is 1. The first kappa shape index (κ1) is 10.9. The molecule has 3 heteroatoms. The average Bonchev–Trinajstić information content (AvgIpc) is 2.28. The first-order valence-electron chi connectivity index (χ1n) is 4.42. The summed E-state index contributed by atoms with van der Waals surface area (Å²) < 4.78 is 10.4. The molecule has 0 saturated heterocycles. The van der Waals surface area contributed by atoms with Gasteiger partial charge in [0.2, 0.25) is 0 Å². The first-order valence-corrected chi connectivity index (χ1v) is 4.42. The van der Waals surface area contributed by atoms with Crippen molar-refractivity contribution in [2.45, 2.75) is 13.0 Å². The molecule has 3 nitrogen and oxygen atoms in total. The van der Waals surface area contributed by atoms with E-state index in [0.717, 1.165) is 0 Å². The fraction of sp³-hybridized carbons (Fsp3) is 0.250. The molecule has 0 aliphatic heterocycles. The molecule has 0 N–H and O–H groups in total. The lowest BCUT2D eigenvalue weighted by atomic mass is 10.2. The minimum absolute atomic E-state index is 0.371. The van der Waals surface area contributed by atoms with Crippen LogP contribution in [0.25, 0.3) is 0 Å². The topological polar surface area (TPSA) is 42.2 Å². The molecule has 0 aliphatic carbocycles. The summed E-state index contributed by atoms with van der Waals surface area (Å²) in [6.45, 7) is 1.74. The second-order valence-electron chi connectivity index (χ2n) is 2.90. The quantitative estimate of drug-likeness (QED) is 0.702. The highest BCUT2D eigenvalue weighted by Crippen LogP contribution is 2.24. The summed E-state index contributed by atoms with van der Waals surface area (Å²) in [5.74, 6) is 3.51. The van der Waals surface area contributed by atoms with Gasteiger partial charge in [0.1, 0.15) is 17.6 Å². The van der Waals surface area contributed by atoms with Crippen molar-refractivity contribution >= 4 is 0 Å². The van der Waals surface area contributed by atoms with Crippen LogP contribution in [-0.4, -0.2) is 13.2 Å². The van der Waals surface area contributed by atoms with Crippen molar-refractivity contribution in [3.8, 4) is 29.9 Å². The van der Waals surface area contributed by atoms with Crippen LogP contribution in [0.1, 0.15) is 12.5 Å². The minimum Gasteiger partial charge on any atom is -0.497 e. The number of nitrogens with zero attached hydrogens (tertiary/aromatic N) is 1. The van der Waals surface area contributed by atoms with Gasteiger partial charge in [-0.25, -0.2) is 0 Å². The first-order chi connectivity index (χ1) is 7.21. The monoisotopic (exact) mass is 201 g/mol. The normalized spacial score (nSPS) is 10.9. The lowest BCUT2D eigenvalue weighted by Gasteiger charge is -2.11. The van der Waals surface area contributed by atoms with Gasteiger partial charge in [-0.15, -0.1) is 6.42 Å². The van der Waals surface area contributed by atoms with E-state index in [0.29, 0.717) is 17.1 Å². The van der Waals surface area contributed by atoms with Crippen LogP contribution in [0.2, 0.25) is 0 Å². The van der Waals surface area contributed by atoms with E-state index < -0.39 is 0 Å². The van der Waals surface area contributed by atoms with E-state index in [1.165, 1.54) is 0 Å². The Bertz CT molecular complexity index is 426. The summed E-state index contributed by atoms with van der Waals surface area (Å²) in [5.41, 5.74) is 0.443. The van der Waals surface area contributed by atoms with Gasteiger partial charge in [-0.3, -0.25) is 0 Å². The molecule has 1 aromatic carbocycles. The maximum absolute atomic E-state index is 8.85. The van der Waals surface area contributed by atoms with Crippen molar-refractivity contribution in [1.29, 1.82) is 5.26 Å². The summed E-state index contributed by atoms with van der Waals surface area (Å²) in [6, 6.07) is 7.01. The largest absolute Gasteiger partial charge is 0.497 e. The zero-order valence-corrected chi connectivity index (χ0v) is 8.65. The minimum atomic E-state index is -0.371. The molecule has 76 valence electrons. The summed E-state index contributed by atoms with van der Waals surface area (Å²) in [4.78, 5) is 0. The second kappa shape index (κ2) is 4.93. The van der Waals surface area contributed by atoms with Gasteiger partial charge in [-0.05, 0) is 19.1 Å². The van der Waals surface area contributed by atoms with Crippen LogP contribution in [0.15, 0.2) is 18.2 Å². The maximum Gasteiger partial charge on any atom is 0.156 e. The number of nitriles is 1. The summed E-state index contributed by atoms with van der Waals surface area (Å²) in [6.07, 6.45) is 4.82. The van der Waals surface area contributed by atoms with E-state index in [-0.39, 0.29) is 6.10 Å². The van der Waals surface area contributed by atoms with Gasteiger partial charge >= 0.3 is 0 Å². The molecule has 1 rings (SSSR count). The molecule has 0 aromatic heterocycles. The zero-order valence-electron chi connectivity index (χ0n) is 8.65. The molecule has 0 spiro atoms. The second-order valence-corrected chi connectivity index (χ2v) is 2.90. The van der Waals surface area contributed by atoms with Gasteiger partial charge in [0.25, 0.3) is 0 Å². The van der Waals surface area contributed by atoms with Crippen LogP contribution in [0.3, 0.4) is 0 Å². The van der Waals surface area contributed by atoms with E-state index >= 15 is 0 Å². The van der Waals surface area contributed by atoms with Crippen LogP contribution in [-0.2, 0) is 0 Å². The van der Waals surface area contributed by atoms with E-state index in [4.69, 9.17) is 21.2 Å². The third-order valence-corrected chi connectivity index (χ3v) is 1.85. The van der Waals surface area contributed by atoms with Gasteiger partial charge in [0, 0.05) is 6.07 Å². The van der Waals surface area contributed by atoms with Crippen molar-refractivity contribution in [2.24, 2.45) is 0 Å². The molecule has 0 saturated carbocycles. The molecule has 0 amide bonds. The fourth-order valence-corrected chi connectivity index (χ4v) is 1.04. The van der Waals surface area contributed by atoms with Gasteiger partial charge in [0.15, 0.2) is 6.10 Å². The SMILES string of the molecule is C#CC(C)Oc1cc(OC)ccc1C#N. The van der Waals surface area contributed by atoms with Crippen molar-refractivity contribution < 1.29 is 9.47 Å².